The lowest BCUT2D eigenvalue weighted by atomic mass is 10.0. The molecule has 0 saturated carbocycles. The lowest BCUT2D eigenvalue weighted by molar-refractivity contribution is -0.187. The predicted molar refractivity (Wildman–Crippen MR) is 83.7 cm³/mol. The number of piperazine rings is 1. The molecule has 0 radical (unpaired) electrons. The molecule has 1 aliphatic rings. The Morgan fingerprint density at radius 1 is 1.09 bits per heavy atom. The molecule has 22 heavy (non-hydrogen) atoms. The third-order valence-electron chi connectivity index (χ3n) is 3.45. The van der Waals surface area contributed by atoms with E-state index < -0.39 is 20.5 Å². The maximum Gasteiger partial charge on any atom is 0.408 e. The van der Waals surface area contributed by atoms with Crippen LogP contribution in [0.3, 0.4) is 0 Å². The van der Waals surface area contributed by atoms with Gasteiger partial charge in [-0.05, 0) is 37.3 Å². The van der Waals surface area contributed by atoms with Gasteiger partial charge in [-0.3, -0.25) is 4.90 Å². The van der Waals surface area contributed by atoms with Crippen LogP contribution in [0.5, 0.6) is 5.75 Å². The summed E-state index contributed by atoms with van der Waals surface area (Å²) < 4.78 is 46.2. The van der Waals surface area contributed by atoms with Gasteiger partial charge >= 0.3 is 6.18 Å². The first-order valence-electron chi connectivity index (χ1n) is 7.47. The van der Waals surface area contributed by atoms with E-state index in [1.807, 2.05) is 19.6 Å². The van der Waals surface area contributed by atoms with E-state index in [-0.39, 0.29) is 5.56 Å². The van der Waals surface area contributed by atoms with Crippen LogP contribution < -0.4 is 9.74 Å². The fourth-order valence-electron chi connectivity index (χ4n) is 2.62. The lowest BCUT2D eigenvalue weighted by Crippen LogP contribution is -2.49. The molecule has 2 rings (SSSR count). The second kappa shape index (κ2) is 6.60. The van der Waals surface area contributed by atoms with Crippen molar-refractivity contribution in [3.8, 4) is 5.75 Å². The van der Waals surface area contributed by atoms with E-state index in [2.05, 4.69) is 5.32 Å². The highest BCUT2D eigenvalue weighted by Gasteiger charge is 2.44. The summed E-state index contributed by atoms with van der Waals surface area (Å²) in [5, 5.41) is 3.08. The Bertz CT molecular complexity index is 479. The predicted octanol–water partition coefficient (Wildman–Crippen LogP) is 3.41. The highest BCUT2D eigenvalue weighted by Crippen LogP contribution is 2.38. The standard InChI is InChI=1S/C15H23F3N2OSi/c1-22(2,3)21-13-6-4-12(5-7-13)14(15(16,17)18)20-10-8-19-9-11-20/h4-7,14,19H,8-11H2,1-3H3/t14-/m1/s1. The number of alkyl halides is 3. The van der Waals surface area contributed by atoms with Crippen LogP contribution in [0.4, 0.5) is 13.2 Å². The lowest BCUT2D eigenvalue weighted by Gasteiger charge is -2.36. The van der Waals surface area contributed by atoms with E-state index >= 15 is 0 Å². The summed E-state index contributed by atoms with van der Waals surface area (Å²) >= 11 is 0. The molecule has 1 aliphatic heterocycles. The van der Waals surface area contributed by atoms with Gasteiger partial charge < -0.3 is 9.74 Å². The van der Waals surface area contributed by atoms with Crippen LogP contribution >= 0.6 is 0 Å². The van der Waals surface area contributed by atoms with Gasteiger partial charge in [-0.2, -0.15) is 13.2 Å². The largest absolute Gasteiger partial charge is 0.544 e. The zero-order chi connectivity index (χ0) is 16.4. The van der Waals surface area contributed by atoms with Crippen LogP contribution in [0, 0.1) is 0 Å². The molecule has 0 unspecified atom stereocenters. The molecule has 1 aromatic carbocycles. The third kappa shape index (κ3) is 4.72. The van der Waals surface area contributed by atoms with E-state index in [9.17, 15) is 13.2 Å². The molecule has 7 heteroatoms. The summed E-state index contributed by atoms with van der Waals surface area (Å²) in [6.45, 7) is 8.10. The van der Waals surface area contributed by atoms with Gasteiger partial charge in [-0.25, -0.2) is 0 Å². The van der Waals surface area contributed by atoms with Gasteiger partial charge in [-0.15, -0.1) is 0 Å². The number of rotatable bonds is 4. The monoisotopic (exact) mass is 332 g/mol. The highest BCUT2D eigenvalue weighted by molar-refractivity contribution is 6.70. The van der Waals surface area contributed by atoms with Crippen molar-refractivity contribution >= 4 is 8.32 Å². The molecule has 124 valence electrons. The molecular formula is C15H23F3N2OSi. The van der Waals surface area contributed by atoms with E-state index in [1.54, 1.807) is 12.1 Å². The molecule has 1 fully saturated rings. The summed E-state index contributed by atoms with van der Waals surface area (Å²) in [4.78, 5) is 1.49. The molecule has 1 heterocycles. The zero-order valence-electron chi connectivity index (χ0n) is 13.2. The first kappa shape index (κ1) is 17.3. The minimum absolute atomic E-state index is 0.275. The van der Waals surface area contributed by atoms with E-state index in [4.69, 9.17) is 4.43 Å². The average Bonchev–Trinajstić information content (AvgIpc) is 2.39. The smallest absolute Gasteiger partial charge is 0.408 e. The van der Waals surface area contributed by atoms with Gasteiger partial charge in [0.1, 0.15) is 11.8 Å². The molecule has 0 amide bonds. The topological polar surface area (TPSA) is 24.5 Å². The van der Waals surface area contributed by atoms with Crippen molar-refractivity contribution in [2.24, 2.45) is 0 Å². The number of nitrogens with one attached hydrogen (secondary N) is 1. The Labute approximate surface area is 130 Å². The van der Waals surface area contributed by atoms with Crippen LogP contribution in [0.25, 0.3) is 0 Å². The first-order chi connectivity index (χ1) is 10.2. The molecule has 1 saturated heterocycles. The molecular weight excluding hydrogens is 309 g/mol. The van der Waals surface area contributed by atoms with Crippen molar-refractivity contribution in [2.75, 3.05) is 26.2 Å². The number of hydrogen-bond donors (Lipinski definition) is 1. The summed E-state index contributed by atoms with van der Waals surface area (Å²) in [5.74, 6) is 0.643. The SMILES string of the molecule is C[Si](C)(C)Oc1ccc([C@@H](N2CCNCC2)C(F)(F)F)cc1. The Morgan fingerprint density at radius 3 is 2.09 bits per heavy atom. The van der Waals surface area contributed by atoms with Crippen LogP contribution in [0.2, 0.25) is 19.6 Å². The minimum atomic E-state index is -4.28. The number of benzene rings is 1. The Hall–Kier alpha value is -1.05. The van der Waals surface area contributed by atoms with Crippen LogP contribution in [0.15, 0.2) is 24.3 Å². The fourth-order valence-corrected chi connectivity index (χ4v) is 3.46. The van der Waals surface area contributed by atoms with Crippen molar-refractivity contribution in [3.63, 3.8) is 0 Å². The quantitative estimate of drug-likeness (QED) is 0.855. The van der Waals surface area contributed by atoms with Crippen LogP contribution in [-0.4, -0.2) is 45.6 Å². The van der Waals surface area contributed by atoms with Gasteiger partial charge in [0.15, 0.2) is 0 Å². The van der Waals surface area contributed by atoms with Crippen molar-refractivity contribution in [1.82, 2.24) is 10.2 Å². The molecule has 0 spiro atoms. The fraction of sp³-hybridized carbons (Fsp3) is 0.600. The maximum atomic E-state index is 13.5. The second-order valence-electron chi connectivity index (χ2n) is 6.51. The van der Waals surface area contributed by atoms with Gasteiger partial charge in [0, 0.05) is 26.2 Å². The number of halogens is 3. The molecule has 3 nitrogen and oxygen atoms in total. The molecule has 1 N–H and O–H groups in total. The molecule has 1 atom stereocenters. The van der Waals surface area contributed by atoms with E-state index in [0.29, 0.717) is 31.9 Å². The second-order valence-corrected chi connectivity index (χ2v) is 10.9. The van der Waals surface area contributed by atoms with Crippen LogP contribution in [0.1, 0.15) is 11.6 Å². The number of nitrogens with zero attached hydrogens (tertiary/aromatic N) is 1. The summed E-state index contributed by atoms with van der Waals surface area (Å²) in [7, 11) is -1.75. The molecule has 0 bridgehead atoms. The summed E-state index contributed by atoms with van der Waals surface area (Å²) in [6.07, 6.45) is -4.28. The van der Waals surface area contributed by atoms with Gasteiger partial charge in [0.2, 0.25) is 8.32 Å². The van der Waals surface area contributed by atoms with Gasteiger partial charge in [0.05, 0.1) is 0 Å². The van der Waals surface area contributed by atoms with Gasteiger partial charge in [-0.1, -0.05) is 12.1 Å². The first-order valence-corrected chi connectivity index (χ1v) is 10.9. The molecule has 1 aromatic rings. The Kier molecular flexibility index (Phi) is 5.19. The zero-order valence-corrected chi connectivity index (χ0v) is 14.2. The van der Waals surface area contributed by atoms with Crippen molar-refractivity contribution in [2.45, 2.75) is 31.9 Å². The van der Waals surface area contributed by atoms with Crippen LogP contribution in [-0.2, 0) is 0 Å². The highest BCUT2D eigenvalue weighted by atomic mass is 28.4. The van der Waals surface area contributed by atoms with Crippen molar-refractivity contribution in [3.05, 3.63) is 29.8 Å². The van der Waals surface area contributed by atoms with Gasteiger partial charge in [0.25, 0.3) is 0 Å². The Balaban J connectivity index is 2.20. The van der Waals surface area contributed by atoms with E-state index in [0.717, 1.165) is 0 Å². The van der Waals surface area contributed by atoms with Crippen molar-refractivity contribution in [1.29, 1.82) is 0 Å². The summed E-state index contributed by atoms with van der Waals surface area (Å²) in [5.41, 5.74) is 0.275. The average molecular weight is 332 g/mol. The third-order valence-corrected chi connectivity index (χ3v) is 4.29. The summed E-state index contributed by atoms with van der Waals surface area (Å²) in [6, 6.07) is 4.82. The Morgan fingerprint density at radius 2 is 1.64 bits per heavy atom. The number of hydrogen-bond acceptors (Lipinski definition) is 3. The molecule has 0 aromatic heterocycles. The van der Waals surface area contributed by atoms with E-state index in [1.165, 1.54) is 17.0 Å². The normalized spacial score (nSPS) is 19.0. The maximum absolute atomic E-state index is 13.5. The molecule has 0 aliphatic carbocycles. The minimum Gasteiger partial charge on any atom is -0.544 e. The van der Waals surface area contributed by atoms with Crippen molar-refractivity contribution < 1.29 is 17.6 Å².